The minimum absolute atomic E-state index is 0.0916. The SMILES string of the molecule is CCCCCCCCCCCCCCCc1cc(OCCCOCC(CCCCCI)(Oc2cc(C)on2)C(=O)O)no1. The maximum atomic E-state index is 12.3. The van der Waals surface area contributed by atoms with E-state index in [1.165, 1.54) is 77.0 Å². The van der Waals surface area contributed by atoms with Crippen LogP contribution in [0.25, 0.3) is 0 Å². The lowest BCUT2D eigenvalue weighted by molar-refractivity contribution is -0.163. The van der Waals surface area contributed by atoms with E-state index in [1.807, 2.05) is 6.07 Å². The van der Waals surface area contributed by atoms with Gasteiger partial charge in [-0.25, -0.2) is 4.79 Å². The van der Waals surface area contributed by atoms with Gasteiger partial charge in [-0.15, -0.1) is 0 Å². The number of hydrogen-bond acceptors (Lipinski definition) is 8. The van der Waals surface area contributed by atoms with Crippen LogP contribution in [-0.2, 0) is 16.0 Å². The van der Waals surface area contributed by atoms with Crippen LogP contribution in [0.4, 0.5) is 0 Å². The lowest BCUT2D eigenvalue weighted by atomic mass is 9.96. The Morgan fingerprint density at radius 3 is 2.05 bits per heavy atom. The minimum Gasteiger partial charge on any atom is -0.478 e. The Balaban J connectivity index is 1.57. The van der Waals surface area contributed by atoms with E-state index in [4.69, 9.17) is 23.3 Å². The lowest BCUT2D eigenvalue weighted by Crippen LogP contribution is -2.49. The Labute approximate surface area is 272 Å². The van der Waals surface area contributed by atoms with Crippen molar-refractivity contribution >= 4 is 28.6 Å². The molecular weight excluding hydrogens is 663 g/mol. The van der Waals surface area contributed by atoms with E-state index in [0.29, 0.717) is 44.1 Å². The number of nitrogens with zero attached hydrogens (tertiary/aromatic N) is 2. The average molecular weight is 719 g/mol. The van der Waals surface area contributed by atoms with E-state index in [9.17, 15) is 9.90 Å². The van der Waals surface area contributed by atoms with Crippen molar-refractivity contribution in [2.45, 2.75) is 141 Å². The van der Waals surface area contributed by atoms with Gasteiger partial charge < -0.3 is 28.4 Å². The predicted molar refractivity (Wildman–Crippen MR) is 176 cm³/mol. The van der Waals surface area contributed by atoms with Crippen LogP contribution in [0.3, 0.4) is 0 Å². The molecule has 0 amide bonds. The highest BCUT2D eigenvalue weighted by atomic mass is 127. The van der Waals surface area contributed by atoms with E-state index in [2.05, 4.69) is 39.8 Å². The van der Waals surface area contributed by atoms with Crippen LogP contribution in [0.15, 0.2) is 21.2 Å². The van der Waals surface area contributed by atoms with Gasteiger partial charge in [-0.05, 0) is 40.9 Å². The molecule has 0 radical (unpaired) electrons. The summed E-state index contributed by atoms with van der Waals surface area (Å²) in [7, 11) is 0. The normalized spacial score (nSPS) is 12.8. The summed E-state index contributed by atoms with van der Waals surface area (Å²) in [5, 5.41) is 17.9. The molecule has 43 heavy (non-hydrogen) atoms. The van der Waals surface area contributed by atoms with Crippen molar-refractivity contribution in [2.24, 2.45) is 0 Å². The molecule has 2 heterocycles. The first-order chi connectivity index (χ1) is 21.0. The van der Waals surface area contributed by atoms with Gasteiger partial charge in [0.2, 0.25) is 5.60 Å². The van der Waals surface area contributed by atoms with Crippen LogP contribution in [0.2, 0.25) is 0 Å². The summed E-state index contributed by atoms with van der Waals surface area (Å²) in [6.45, 7) is 4.63. The number of aliphatic carboxylic acids is 1. The zero-order valence-electron chi connectivity index (χ0n) is 26.6. The fraction of sp³-hybridized carbons (Fsp3) is 0.788. The van der Waals surface area contributed by atoms with Gasteiger partial charge in [-0.2, -0.15) is 0 Å². The van der Waals surface area contributed by atoms with Gasteiger partial charge in [0.1, 0.15) is 11.5 Å². The second-order valence-corrected chi connectivity index (χ2v) is 12.6. The van der Waals surface area contributed by atoms with Gasteiger partial charge in [0.05, 0.1) is 19.8 Å². The van der Waals surface area contributed by atoms with Crippen molar-refractivity contribution in [3.05, 3.63) is 23.7 Å². The number of ether oxygens (including phenoxy) is 3. The van der Waals surface area contributed by atoms with E-state index in [1.54, 1.807) is 13.0 Å². The summed E-state index contributed by atoms with van der Waals surface area (Å²) in [6, 6.07) is 3.45. The van der Waals surface area contributed by atoms with Gasteiger partial charge in [-0.3, -0.25) is 0 Å². The number of aromatic nitrogens is 2. The molecule has 9 nitrogen and oxygen atoms in total. The molecule has 2 aromatic rings. The van der Waals surface area contributed by atoms with Crippen molar-refractivity contribution in [1.29, 1.82) is 0 Å². The summed E-state index contributed by atoms with van der Waals surface area (Å²) >= 11 is 2.32. The Hall–Kier alpha value is -1.82. The molecule has 0 saturated heterocycles. The summed E-state index contributed by atoms with van der Waals surface area (Å²) in [6.07, 6.45) is 21.8. The molecule has 0 fully saturated rings. The number of aryl methyl sites for hydroxylation is 2. The number of rotatable bonds is 29. The molecule has 0 aliphatic carbocycles. The van der Waals surface area contributed by atoms with E-state index in [-0.39, 0.29) is 12.5 Å². The first-order valence-electron chi connectivity index (χ1n) is 16.6. The van der Waals surface area contributed by atoms with Crippen molar-refractivity contribution in [3.63, 3.8) is 0 Å². The number of carboxylic acid groups (broad SMARTS) is 1. The Kier molecular flexibility index (Phi) is 20.5. The molecule has 0 aromatic carbocycles. The molecule has 2 rings (SSSR count). The Morgan fingerprint density at radius 1 is 0.814 bits per heavy atom. The molecule has 1 atom stereocenters. The van der Waals surface area contributed by atoms with E-state index < -0.39 is 11.6 Å². The van der Waals surface area contributed by atoms with Crippen molar-refractivity contribution in [1.82, 2.24) is 10.3 Å². The quantitative estimate of drug-likeness (QED) is 0.0499. The maximum absolute atomic E-state index is 12.3. The summed E-state index contributed by atoms with van der Waals surface area (Å²) in [4.78, 5) is 12.3. The molecule has 0 aliphatic rings. The van der Waals surface area contributed by atoms with Crippen LogP contribution in [0.1, 0.15) is 134 Å². The fourth-order valence-corrected chi connectivity index (χ4v) is 5.55. The highest BCUT2D eigenvalue weighted by molar-refractivity contribution is 14.1. The molecule has 10 heteroatoms. The first kappa shape index (κ1) is 37.4. The molecule has 1 unspecified atom stereocenters. The topological polar surface area (TPSA) is 117 Å². The van der Waals surface area contributed by atoms with E-state index in [0.717, 1.165) is 35.9 Å². The summed E-state index contributed by atoms with van der Waals surface area (Å²) in [5.74, 6) is 0.962. The van der Waals surface area contributed by atoms with Crippen molar-refractivity contribution in [2.75, 3.05) is 24.2 Å². The highest BCUT2D eigenvalue weighted by Gasteiger charge is 2.42. The number of alkyl halides is 1. The van der Waals surface area contributed by atoms with Crippen molar-refractivity contribution in [3.8, 4) is 11.8 Å². The molecular formula is C33H55IN2O7. The van der Waals surface area contributed by atoms with Crippen molar-refractivity contribution < 1.29 is 33.2 Å². The number of carbonyl (C=O) groups is 1. The van der Waals surface area contributed by atoms with Gasteiger partial charge in [0, 0.05) is 31.4 Å². The second-order valence-electron chi connectivity index (χ2n) is 11.6. The molecule has 246 valence electrons. The number of unbranched alkanes of at least 4 members (excludes halogenated alkanes) is 14. The standard InChI is InChI=1S/C33H55IN2O7/c1-3-4-5-6-7-8-9-10-11-12-13-14-16-20-29-26-30(35-43-29)40-24-19-23-39-27-33(32(37)38,21-17-15-18-22-34)41-31-25-28(2)42-36-31/h25-26H,3-24,27H2,1-2H3,(H,37,38). The molecule has 0 bridgehead atoms. The molecule has 0 spiro atoms. The maximum Gasteiger partial charge on any atom is 0.350 e. The van der Waals surface area contributed by atoms with Gasteiger partial charge in [0.25, 0.3) is 11.8 Å². The molecule has 0 aliphatic heterocycles. The van der Waals surface area contributed by atoms with E-state index >= 15 is 0 Å². The smallest absolute Gasteiger partial charge is 0.350 e. The fourth-order valence-electron chi connectivity index (χ4n) is 5.01. The number of carboxylic acids is 1. The van der Waals surface area contributed by atoms with Gasteiger partial charge in [-0.1, -0.05) is 113 Å². The molecule has 2 aromatic heterocycles. The average Bonchev–Trinajstić information content (AvgIpc) is 3.63. The third-order valence-corrected chi connectivity index (χ3v) is 8.36. The monoisotopic (exact) mass is 718 g/mol. The molecule has 1 N–H and O–H groups in total. The van der Waals surface area contributed by atoms with Gasteiger partial charge >= 0.3 is 5.97 Å². The first-order valence-corrected chi connectivity index (χ1v) is 18.1. The van der Waals surface area contributed by atoms with Crippen LogP contribution >= 0.6 is 22.6 Å². The highest BCUT2D eigenvalue weighted by Crippen LogP contribution is 2.25. The number of hydrogen-bond donors (Lipinski definition) is 1. The Morgan fingerprint density at radius 2 is 1.44 bits per heavy atom. The zero-order chi connectivity index (χ0) is 31.0. The number of halogens is 1. The van der Waals surface area contributed by atoms with Crippen LogP contribution in [0.5, 0.6) is 11.8 Å². The third kappa shape index (κ3) is 16.7. The van der Waals surface area contributed by atoms with Gasteiger partial charge in [0.15, 0.2) is 0 Å². The second kappa shape index (κ2) is 23.5. The zero-order valence-corrected chi connectivity index (χ0v) is 28.7. The van der Waals surface area contributed by atoms with Crippen LogP contribution < -0.4 is 9.47 Å². The molecule has 0 saturated carbocycles. The third-order valence-electron chi connectivity index (χ3n) is 7.59. The summed E-state index contributed by atoms with van der Waals surface area (Å²) < 4.78 is 28.9. The lowest BCUT2D eigenvalue weighted by Gasteiger charge is -2.29. The summed E-state index contributed by atoms with van der Waals surface area (Å²) in [5.41, 5.74) is -1.52. The van der Waals surface area contributed by atoms with Crippen LogP contribution in [0, 0.1) is 6.92 Å². The largest absolute Gasteiger partial charge is 0.478 e. The Bertz CT molecular complexity index is 967. The van der Waals surface area contributed by atoms with Crippen LogP contribution in [-0.4, -0.2) is 51.2 Å². The predicted octanol–water partition coefficient (Wildman–Crippen LogP) is 9.29. The minimum atomic E-state index is -1.52.